The summed E-state index contributed by atoms with van der Waals surface area (Å²) in [6.07, 6.45) is 3.75. The number of anilines is 2. The Hall–Kier alpha value is -3.58. The smallest absolute Gasteiger partial charge is 0.301 e. The van der Waals surface area contributed by atoms with Gasteiger partial charge >= 0.3 is 10.2 Å². The molecule has 0 aliphatic carbocycles. The van der Waals surface area contributed by atoms with Crippen LogP contribution in [0.4, 0.5) is 20.2 Å². The summed E-state index contributed by atoms with van der Waals surface area (Å²) < 4.78 is 60.5. The molecule has 2 aliphatic heterocycles. The van der Waals surface area contributed by atoms with Crippen LogP contribution in [0, 0.1) is 5.82 Å². The number of pyridine rings is 1. The van der Waals surface area contributed by atoms with Crippen molar-refractivity contribution in [1.82, 2.24) is 24.4 Å². The fraction of sp³-hybridized carbons (Fsp3) is 0.310. The predicted molar refractivity (Wildman–Crippen MR) is 161 cm³/mol. The van der Waals surface area contributed by atoms with Crippen molar-refractivity contribution >= 4 is 33.2 Å². The molecule has 2 fully saturated rings. The van der Waals surface area contributed by atoms with Gasteiger partial charge in [-0.05, 0) is 61.9 Å². The number of rotatable bonds is 7. The van der Waals surface area contributed by atoms with Crippen molar-refractivity contribution in [2.45, 2.75) is 25.6 Å². The number of aromatic nitrogens is 3. The van der Waals surface area contributed by atoms with Gasteiger partial charge in [-0.2, -0.15) is 17.8 Å². The Labute approximate surface area is 248 Å². The highest BCUT2D eigenvalue weighted by Crippen LogP contribution is 2.38. The molecule has 2 aliphatic rings. The van der Waals surface area contributed by atoms with Gasteiger partial charge in [0.25, 0.3) is 0 Å². The Bertz CT molecular complexity index is 1690. The Kier molecular flexibility index (Phi) is 7.88. The second-order valence-corrected chi connectivity index (χ2v) is 12.7. The van der Waals surface area contributed by atoms with Gasteiger partial charge < -0.3 is 10.2 Å². The highest BCUT2D eigenvalue weighted by Gasteiger charge is 2.32. The quantitative estimate of drug-likeness (QED) is 0.308. The number of hydrogen-bond donors (Lipinski definition) is 2. The SMILES string of the molecule is C[C@@H]1CN(c2ccc(-n3cc(-c4cc(Cl)cc(NS(=O)(=O)N5CC[C@@H](F)C5)c4F)c(-c4ccncc4)n3)cc2)CCN1. The second-order valence-electron chi connectivity index (χ2n) is 10.6. The van der Waals surface area contributed by atoms with Gasteiger partial charge in [0.05, 0.1) is 11.4 Å². The normalized spacial score (nSPS) is 19.8. The molecule has 13 heteroatoms. The number of hydrogen-bond acceptors (Lipinski definition) is 6. The first-order valence-electron chi connectivity index (χ1n) is 13.7. The van der Waals surface area contributed by atoms with Crippen LogP contribution in [-0.2, 0) is 10.2 Å². The molecule has 0 radical (unpaired) electrons. The van der Waals surface area contributed by atoms with Crippen LogP contribution in [0.15, 0.2) is 67.1 Å². The maximum absolute atomic E-state index is 16.1. The molecule has 2 saturated heterocycles. The Balaban J connectivity index is 1.38. The highest BCUT2D eigenvalue weighted by atomic mass is 35.5. The summed E-state index contributed by atoms with van der Waals surface area (Å²) in [7, 11) is -4.19. The molecular weight excluding hydrogens is 584 g/mol. The summed E-state index contributed by atoms with van der Waals surface area (Å²) >= 11 is 6.39. The molecule has 0 unspecified atom stereocenters. The fourth-order valence-electron chi connectivity index (χ4n) is 5.38. The average molecular weight is 614 g/mol. The first kappa shape index (κ1) is 28.5. The molecule has 6 rings (SSSR count). The summed E-state index contributed by atoms with van der Waals surface area (Å²) in [6, 6.07) is 14.5. The first-order chi connectivity index (χ1) is 20.2. The van der Waals surface area contributed by atoms with Crippen LogP contribution in [0.5, 0.6) is 0 Å². The lowest BCUT2D eigenvalue weighted by atomic mass is 10.0. The lowest BCUT2D eigenvalue weighted by Gasteiger charge is -2.33. The van der Waals surface area contributed by atoms with E-state index < -0.39 is 22.2 Å². The third-order valence-electron chi connectivity index (χ3n) is 7.52. The molecule has 0 saturated carbocycles. The minimum Gasteiger partial charge on any atom is -0.369 e. The van der Waals surface area contributed by atoms with Crippen LogP contribution in [0.25, 0.3) is 28.1 Å². The zero-order valence-corrected chi connectivity index (χ0v) is 24.4. The van der Waals surface area contributed by atoms with Gasteiger partial charge in [0.15, 0.2) is 5.82 Å². The van der Waals surface area contributed by atoms with E-state index in [9.17, 15) is 12.8 Å². The average Bonchev–Trinajstić information content (AvgIpc) is 3.63. The number of nitrogens with zero attached hydrogens (tertiary/aromatic N) is 5. The van der Waals surface area contributed by atoms with Gasteiger partial charge in [-0.15, -0.1) is 0 Å². The largest absolute Gasteiger partial charge is 0.369 e. The molecule has 220 valence electrons. The van der Waals surface area contributed by atoms with Gasteiger partial charge in [-0.25, -0.2) is 13.5 Å². The molecule has 9 nitrogen and oxygen atoms in total. The monoisotopic (exact) mass is 613 g/mol. The summed E-state index contributed by atoms with van der Waals surface area (Å²) in [4.78, 5) is 6.40. The van der Waals surface area contributed by atoms with E-state index in [1.807, 2.05) is 24.3 Å². The molecule has 0 spiro atoms. The summed E-state index contributed by atoms with van der Waals surface area (Å²) in [5, 5.41) is 8.36. The topological polar surface area (TPSA) is 95.4 Å². The minimum atomic E-state index is -4.19. The van der Waals surface area contributed by atoms with E-state index in [0.29, 0.717) is 22.9 Å². The van der Waals surface area contributed by atoms with Crippen LogP contribution in [0.3, 0.4) is 0 Å². The van der Waals surface area contributed by atoms with Crippen LogP contribution in [-0.4, -0.2) is 72.4 Å². The Morgan fingerprint density at radius 1 is 1.02 bits per heavy atom. The lowest BCUT2D eigenvalue weighted by Crippen LogP contribution is -2.49. The van der Waals surface area contributed by atoms with Crippen molar-refractivity contribution in [1.29, 1.82) is 0 Å². The lowest BCUT2D eigenvalue weighted by molar-refractivity contribution is 0.343. The van der Waals surface area contributed by atoms with Crippen molar-refractivity contribution < 1.29 is 17.2 Å². The van der Waals surface area contributed by atoms with E-state index in [2.05, 4.69) is 26.8 Å². The van der Waals surface area contributed by atoms with Gasteiger partial charge in [0.1, 0.15) is 11.9 Å². The van der Waals surface area contributed by atoms with E-state index in [1.54, 1.807) is 35.4 Å². The predicted octanol–water partition coefficient (Wildman–Crippen LogP) is 4.89. The molecule has 0 bridgehead atoms. The van der Waals surface area contributed by atoms with Crippen LogP contribution >= 0.6 is 11.6 Å². The standard InChI is InChI=1S/C29H30ClF2N7O2S/c1-19-16-37(13-11-34-19)23-2-4-24(5-3-23)39-18-26(29(35-39)20-6-9-33-10-7-20)25-14-21(30)15-27(28(25)32)36-42(40,41)38-12-8-22(31)17-38/h2-7,9-10,14-15,18-19,22,34,36H,8,11-13,16-17H2,1H3/t19-,22-/m1/s1. The Morgan fingerprint density at radius 2 is 1.76 bits per heavy atom. The molecule has 4 heterocycles. The minimum absolute atomic E-state index is 0.0109. The maximum atomic E-state index is 16.1. The van der Waals surface area contributed by atoms with Crippen molar-refractivity contribution in [2.24, 2.45) is 0 Å². The number of halogens is 3. The summed E-state index contributed by atoms with van der Waals surface area (Å²) in [6.45, 7) is 4.62. The molecule has 2 aromatic carbocycles. The third kappa shape index (κ3) is 5.84. The third-order valence-corrected chi connectivity index (χ3v) is 9.22. The zero-order valence-electron chi connectivity index (χ0n) is 22.8. The molecule has 0 amide bonds. The molecule has 42 heavy (non-hydrogen) atoms. The second kappa shape index (κ2) is 11.6. The number of benzene rings is 2. The van der Waals surface area contributed by atoms with Crippen molar-refractivity contribution in [3.05, 3.63) is 78.0 Å². The van der Waals surface area contributed by atoms with E-state index in [4.69, 9.17) is 16.7 Å². The molecule has 2 aromatic heterocycles. The highest BCUT2D eigenvalue weighted by molar-refractivity contribution is 7.90. The molecule has 4 aromatic rings. The fourth-order valence-corrected chi connectivity index (χ4v) is 6.86. The van der Waals surface area contributed by atoms with Gasteiger partial charge in [-0.1, -0.05) is 11.6 Å². The zero-order chi connectivity index (χ0) is 29.4. The van der Waals surface area contributed by atoms with Crippen molar-refractivity contribution in [3.63, 3.8) is 0 Å². The van der Waals surface area contributed by atoms with Gasteiger partial charge in [-0.3, -0.25) is 9.71 Å². The molecular formula is C29H30ClF2N7O2S. The number of alkyl halides is 1. The summed E-state index contributed by atoms with van der Waals surface area (Å²) in [5.74, 6) is -0.822. The van der Waals surface area contributed by atoms with Crippen LogP contribution < -0.4 is 14.9 Å². The maximum Gasteiger partial charge on any atom is 0.301 e. The van der Waals surface area contributed by atoms with E-state index in [1.165, 1.54) is 12.1 Å². The molecule has 2 N–H and O–H groups in total. The first-order valence-corrected chi connectivity index (χ1v) is 15.5. The van der Waals surface area contributed by atoms with Gasteiger partial charge in [0, 0.05) is 84.8 Å². The molecule has 2 atom stereocenters. The summed E-state index contributed by atoms with van der Waals surface area (Å²) in [5.41, 5.74) is 3.17. The van der Waals surface area contributed by atoms with Crippen molar-refractivity contribution in [3.8, 4) is 28.1 Å². The number of nitrogens with one attached hydrogen (secondary N) is 2. The number of piperazine rings is 1. The van der Waals surface area contributed by atoms with E-state index >= 15 is 4.39 Å². The van der Waals surface area contributed by atoms with Crippen molar-refractivity contribution in [2.75, 3.05) is 42.3 Å². The van der Waals surface area contributed by atoms with E-state index in [0.717, 1.165) is 35.3 Å². The van der Waals surface area contributed by atoms with Gasteiger partial charge in [0.2, 0.25) is 0 Å². The van der Waals surface area contributed by atoms with Crippen LogP contribution in [0.1, 0.15) is 13.3 Å². The Morgan fingerprint density at radius 3 is 2.45 bits per heavy atom. The van der Waals surface area contributed by atoms with E-state index in [-0.39, 0.29) is 35.8 Å². The van der Waals surface area contributed by atoms with Crippen LogP contribution in [0.2, 0.25) is 5.02 Å².